The van der Waals surface area contributed by atoms with E-state index in [1.54, 1.807) is 7.11 Å². The van der Waals surface area contributed by atoms with Crippen molar-refractivity contribution in [1.29, 1.82) is 0 Å². The van der Waals surface area contributed by atoms with Gasteiger partial charge in [0.05, 0.1) is 12.8 Å². The zero-order chi connectivity index (χ0) is 16.4. The molecule has 3 rings (SSSR count). The number of hydrogen-bond acceptors (Lipinski definition) is 4. The number of nitrogens with one attached hydrogen (secondary N) is 1. The van der Waals surface area contributed by atoms with Gasteiger partial charge in [0, 0.05) is 17.3 Å². The number of benzene rings is 1. The lowest BCUT2D eigenvalue weighted by atomic mass is 10.2. The highest BCUT2D eigenvalue weighted by Gasteiger charge is 2.11. The van der Waals surface area contributed by atoms with Crippen LogP contribution in [0.25, 0.3) is 5.65 Å². The summed E-state index contributed by atoms with van der Waals surface area (Å²) in [5, 5.41) is 3.05. The smallest absolute Gasteiger partial charge is 0.273 e. The van der Waals surface area contributed by atoms with E-state index in [0.717, 1.165) is 23.4 Å². The van der Waals surface area contributed by atoms with E-state index in [4.69, 9.17) is 9.47 Å². The Morgan fingerprint density at radius 3 is 2.57 bits per heavy atom. The van der Waals surface area contributed by atoms with Crippen LogP contribution in [0.3, 0.4) is 0 Å². The Labute approximate surface area is 133 Å². The van der Waals surface area contributed by atoms with Crippen molar-refractivity contribution in [3.8, 4) is 11.5 Å². The zero-order valence-corrected chi connectivity index (χ0v) is 13.4. The molecule has 0 amide bonds. The fourth-order valence-corrected chi connectivity index (χ4v) is 2.57. The molecule has 0 unspecified atom stereocenters. The molecule has 0 aliphatic carbocycles. The first-order chi connectivity index (χ1) is 11.1. The Morgan fingerprint density at radius 1 is 1.22 bits per heavy atom. The van der Waals surface area contributed by atoms with Gasteiger partial charge in [0.15, 0.2) is 5.65 Å². The summed E-state index contributed by atoms with van der Waals surface area (Å²) in [6, 6.07) is 8.78. The number of ether oxygens (including phenoxy) is 2. The van der Waals surface area contributed by atoms with Crippen molar-refractivity contribution in [3.63, 3.8) is 0 Å². The fourth-order valence-electron chi connectivity index (χ4n) is 2.57. The fraction of sp³-hybridized carbons (Fsp3) is 0.294. The van der Waals surface area contributed by atoms with Crippen LogP contribution in [-0.2, 0) is 13.0 Å². The van der Waals surface area contributed by atoms with E-state index in [-0.39, 0.29) is 12.2 Å². The van der Waals surface area contributed by atoms with Crippen molar-refractivity contribution in [1.82, 2.24) is 14.6 Å². The molecule has 3 aromatic rings. The number of methoxy groups -OCH3 is 1. The maximum Gasteiger partial charge on any atom is 0.273 e. The quantitative estimate of drug-likeness (QED) is 0.786. The van der Waals surface area contributed by atoms with Crippen LogP contribution in [0.4, 0.5) is 0 Å². The van der Waals surface area contributed by atoms with Crippen LogP contribution in [0.5, 0.6) is 11.5 Å². The van der Waals surface area contributed by atoms with Crippen molar-refractivity contribution in [2.45, 2.75) is 26.9 Å². The molecule has 0 spiro atoms. The van der Waals surface area contributed by atoms with Gasteiger partial charge in [0.2, 0.25) is 0 Å². The van der Waals surface area contributed by atoms with E-state index in [1.165, 1.54) is 10.6 Å². The summed E-state index contributed by atoms with van der Waals surface area (Å²) >= 11 is 0. The van der Waals surface area contributed by atoms with E-state index in [1.807, 2.05) is 38.1 Å². The highest BCUT2D eigenvalue weighted by molar-refractivity contribution is 5.50. The molecule has 1 aromatic carbocycles. The third-order valence-electron chi connectivity index (χ3n) is 3.77. The van der Waals surface area contributed by atoms with Crippen LogP contribution < -0.4 is 15.0 Å². The van der Waals surface area contributed by atoms with Gasteiger partial charge in [-0.2, -0.15) is 0 Å². The number of aromatic amines is 1. The van der Waals surface area contributed by atoms with Crippen molar-refractivity contribution >= 4 is 5.65 Å². The molecule has 0 saturated heterocycles. The van der Waals surface area contributed by atoms with Crippen LogP contribution in [0, 0.1) is 6.92 Å². The summed E-state index contributed by atoms with van der Waals surface area (Å²) in [5.41, 5.74) is 3.16. The molecule has 0 saturated carbocycles. The first-order valence-corrected chi connectivity index (χ1v) is 7.49. The van der Waals surface area contributed by atoms with Gasteiger partial charge >= 0.3 is 0 Å². The van der Waals surface area contributed by atoms with Crippen LogP contribution in [-0.4, -0.2) is 21.7 Å². The average Bonchev–Trinajstić information content (AvgIpc) is 2.89. The lowest BCUT2D eigenvalue weighted by Gasteiger charge is -2.07. The van der Waals surface area contributed by atoms with Crippen molar-refractivity contribution < 1.29 is 9.47 Å². The lowest BCUT2D eigenvalue weighted by molar-refractivity contribution is 0.300. The molecular weight excluding hydrogens is 294 g/mol. The number of fused-ring (bicyclic) bond motifs is 1. The van der Waals surface area contributed by atoms with Crippen LogP contribution in [0.1, 0.15) is 23.9 Å². The molecule has 6 nitrogen and oxygen atoms in total. The summed E-state index contributed by atoms with van der Waals surface area (Å²) in [7, 11) is 1.62. The second-order valence-corrected chi connectivity index (χ2v) is 5.28. The van der Waals surface area contributed by atoms with Crippen LogP contribution in [0.15, 0.2) is 35.1 Å². The summed E-state index contributed by atoms with van der Waals surface area (Å²) in [4.78, 5) is 16.8. The predicted molar refractivity (Wildman–Crippen MR) is 87.3 cm³/mol. The minimum Gasteiger partial charge on any atom is -0.497 e. The minimum absolute atomic E-state index is 0.133. The molecule has 2 heterocycles. The van der Waals surface area contributed by atoms with Gasteiger partial charge in [-0.1, -0.05) is 6.92 Å². The molecule has 0 aliphatic heterocycles. The first kappa shape index (κ1) is 15.1. The Kier molecular flexibility index (Phi) is 4.06. The molecule has 120 valence electrons. The molecule has 0 atom stereocenters. The molecule has 2 aromatic heterocycles. The predicted octanol–water partition coefficient (Wildman–Crippen LogP) is 2.48. The highest BCUT2D eigenvalue weighted by atomic mass is 16.5. The van der Waals surface area contributed by atoms with E-state index < -0.39 is 0 Å². The number of hydrogen-bond donors (Lipinski definition) is 1. The monoisotopic (exact) mass is 313 g/mol. The highest BCUT2D eigenvalue weighted by Crippen LogP contribution is 2.18. The third kappa shape index (κ3) is 2.92. The molecule has 0 radical (unpaired) electrons. The molecular formula is C17H19N3O3. The molecule has 6 heteroatoms. The largest absolute Gasteiger partial charge is 0.497 e. The SMILES string of the molecule is CCc1c(C)[nH]n2c(=O)cc(COc3ccc(OC)cc3)nc12. The number of rotatable bonds is 5. The van der Waals surface area contributed by atoms with Gasteiger partial charge in [0.1, 0.15) is 18.1 Å². The average molecular weight is 313 g/mol. The normalized spacial score (nSPS) is 10.9. The van der Waals surface area contributed by atoms with Crippen molar-refractivity contribution in [2.75, 3.05) is 7.11 Å². The maximum atomic E-state index is 12.2. The number of nitrogens with zero attached hydrogens (tertiary/aromatic N) is 2. The third-order valence-corrected chi connectivity index (χ3v) is 3.77. The standard InChI is InChI=1S/C17H19N3O3/c1-4-15-11(2)19-20-16(21)9-12(18-17(15)20)10-23-14-7-5-13(22-3)6-8-14/h5-9,19H,4,10H2,1-3H3. The Balaban J connectivity index is 1.86. The number of H-pyrrole nitrogens is 1. The molecule has 0 fully saturated rings. The van der Waals surface area contributed by atoms with Crippen molar-refractivity contribution in [2.24, 2.45) is 0 Å². The molecule has 0 aliphatic rings. The second-order valence-electron chi connectivity index (χ2n) is 5.28. The Morgan fingerprint density at radius 2 is 1.91 bits per heavy atom. The van der Waals surface area contributed by atoms with Gasteiger partial charge < -0.3 is 9.47 Å². The Bertz CT molecular complexity index is 878. The summed E-state index contributed by atoms with van der Waals surface area (Å²) in [5.74, 6) is 1.47. The minimum atomic E-state index is -0.133. The van der Waals surface area contributed by atoms with Crippen LogP contribution in [0.2, 0.25) is 0 Å². The first-order valence-electron chi connectivity index (χ1n) is 7.49. The van der Waals surface area contributed by atoms with E-state index in [9.17, 15) is 4.79 Å². The summed E-state index contributed by atoms with van der Waals surface area (Å²) in [6.07, 6.45) is 0.814. The zero-order valence-electron chi connectivity index (χ0n) is 13.4. The lowest BCUT2D eigenvalue weighted by Crippen LogP contribution is -2.16. The van der Waals surface area contributed by atoms with Gasteiger partial charge in [-0.05, 0) is 37.6 Å². The number of aromatic nitrogens is 3. The van der Waals surface area contributed by atoms with Gasteiger partial charge in [-0.3, -0.25) is 9.89 Å². The van der Waals surface area contributed by atoms with Gasteiger partial charge in [0.25, 0.3) is 5.56 Å². The van der Waals surface area contributed by atoms with Crippen LogP contribution >= 0.6 is 0 Å². The molecule has 1 N–H and O–H groups in total. The molecule has 23 heavy (non-hydrogen) atoms. The van der Waals surface area contributed by atoms with E-state index >= 15 is 0 Å². The Hall–Kier alpha value is -2.76. The van der Waals surface area contributed by atoms with E-state index in [0.29, 0.717) is 17.1 Å². The number of aryl methyl sites for hydroxylation is 2. The summed E-state index contributed by atoms with van der Waals surface area (Å²) in [6.45, 7) is 4.23. The van der Waals surface area contributed by atoms with Gasteiger partial charge in [-0.15, -0.1) is 0 Å². The molecule has 0 bridgehead atoms. The van der Waals surface area contributed by atoms with Gasteiger partial charge in [-0.25, -0.2) is 9.50 Å². The van der Waals surface area contributed by atoms with Crippen molar-refractivity contribution in [3.05, 3.63) is 57.6 Å². The second kappa shape index (κ2) is 6.16. The topological polar surface area (TPSA) is 68.6 Å². The maximum absolute atomic E-state index is 12.2. The van der Waals surface area contributed by atoms with E-state index in [2.05, 4.69) is 10.1 Å². The summed E-state index contributed by atoms with van der Waals surface area (Å²) < 4.78 is 12.3.